The number of carbonyl (C=O) groups is 2. The van der Waals surface area contributed by atoms with E-state index in [4.69, 9.17) is 9.47 Å². The molecule has 4 fully saturated rings. The van der Waals surface area contributed by atoms with Crippen molar-refractivity contribution in [2.24, 2.45) is 30.2 Å². The number of rotatable bonds is 13. The molecule has 1 heterocycles. The molecule has 190 valence electrons. The summed E-state index contributed by atoms with van der Waals surface area (Å²) in [6.07, 6.45) is 9.71. The zero-order valence-electron chi connectivity index (χ0n) is 21.3. The number of hydrogen-bond acceptors (Lipinski definition) is 4. The van der Waals surface area contributed by atoms with Crippen LogP contribution in [0.5, 0.6) is 0 Å². The summed E-state index contributed by atoms with van der Waals surface area (Å²) in [7, 11) is 3.65. The smallest absolute Gasteiger partial charge is 0.242 e. The van der Waals surface area contributed by atoms with Crippen LogP contribution < -0.4 is 0 Å². The van der Waals surface area contributed by atoms with Gasteiger partial charge >= 0.3 is 0 Å². The van der Waals surface area contributed by atoms with Crippen molar-refractivity contribution in [1.82, 2.24) is 14.4 Å². The van der Waals surface area contributed by atoms with E-state index in [-0.39, 0.29) is 23.8 Å². The molecule has 0 radical (unpaired) electrons. The molecule has 4 bridgehead atoms. The monoisotopic (exact) mass is 473 g/mol. The second kappa shape index (κ2) is 11.3. The maximum Gasteiger partial charge on any atom is 0.242 e. The Morgan fingerprint density at radius 2 is 1.74 bits per heavy atom. The first-order valence-electron chi connectivity index (χ1n) is 13.2. The van der Waals surface area contributed by atoms with Crippen LogP contribution in [0, 0.1) is 23.2 Å². The third-order valence-corrected chi connectivity index (χ3v) is 8.35. The minimum Gasteiger partial charge on any atom is -0.383 e. The molecule has 1 aromatic rings. The number of hydrogen-bond donors (Lipinski definition) is 0. The molecule has 5 rings (SSSR count). The molecule has 0 atom stereocenters. The Bertz CT molecular complexity index is 800. The first-order chi connectivity index (χ1) is 16.4. The van der Waals surface area contributed by atoms with E-state index in [0.717, 1.165) is 31.4 Å². The number of carbonyl (C=O) groups excluding carboxylic acids is 2. The van der Waals surface area contributed by atoms with Crippen molar-refractivity contribution < 1.29 is 19.1 Å². The highest BCUT2D eigenvalue weighted by Crippen LogP contribution is 2.60. The summed E-state index contributed by atoms with van der Waals surface area (Å²) in [4.78, 5) is 31.4. The van der Waals surface area contributed by atoms with Gasteiger partial charge in [0.2, 0.25) is 11.8 Å². The van der Waals surface area contributed by atoms with Gasteiger partial charge in [-0.2, -0.15) is 0 Å². The largest absolute Gasteiger partial charge is 0.383 e. The molecule has 0 unspecified atom stereocenters. The van der Waals surface area contributed by atoms with Gasteiger partial charge in [0.1, 0.15) is 0 Å². The van der Waals surface area contributed by atoms with E-state index in [9.17, 15) is 9.59 Å². The van der Waals surface area contributed by atoms with Gasteiger partial charge < -0.3 is 23.8 Å². The standard InChI is InChI=1S/C27H43N3O4/c1-4-34-11-6-9-30(26(32)27-16-21-13-22(17-27)15-23(14-21)18-27)20-25(31)29(10-12-33-3)19-24-7-5-8-28(24)2/h5,7-8,21-23H,4,6,9-20H2,1-3H3. The summed E-state index contributed by atoms with van der Waals surface area (Å²) in [6, 6.07) is 4.03. The first-order valence-corrected chi connectivity index (χ1v) is 13.2. The highest BCUT2D eigenvalue weighted by Gasteiger charge is 2.55. The van der Waals surface area contributed by atoms with Crippen LogP contribution in [0.2, 0.25) is 0 Å². The predicted octanol–water partition coefficient (Wildman–Crippen LogP) is 3.47. The van der Waals surface area contributed by atoms with E-state index in [0.29, 0.717) is 57.2 Å². The van der Waals surface area contributed by atoms with Crippen molar-refractivity contribution in [2.75, 3.05) is 46.6 Å². The number of methoxy groups -OCH3 is 1. The van der Waals surface area contributed by atoms with Crippen LogP contribution in [-0.2, 0) is 32.7 Å². The van der Waals surface area contributed by atoms with E-state index in [2.05, 4.69) is 0 Å². The van der Waals surface area contributed by atoms with Gasteiger partial charge in [-0.3, -0.25) is 9.59 Å². The SMILES string of the molecule is CCOCCCN(CC(=O)N(CCOC)Cc1cccn1C)C(=O)C12CC3CC(CC(C3)C1)C2. The Morgan fingerprint density at radius 1 is 1.06 bits per heavy atom. The van der Waals surface area contributed by atoms with Gasteiger partial charge in [0, 0.05) is 52.4 Å². The minimum absolute atomic E-state index is 0.00672. The summed E-state index contributed by atoms with van der Waals surface area (Å²) in [5.74, 6) is 2.32. The molecule has 0 aliphatic heterocycles. The quantitative estimate of drug-likeness (QED) is 0.412. The lowest BCUT2D eigenvalue weighted by atomic mass is 9.49. The Morgan fingerprint density at radius 3 is 2.29 bits per heavy atom. The highest BCUT2D eigenvalue weighted by molar-refractivity contribution is 5.88. The minimum atomic E-state index is -0.240. The average molecular weight is 474 g/mol. The number of ether oxygens (including phenoxy) is 2. The fourth-order valence-corrected chi connectivity index (χ4v) is 7.08. The molecule has 4 aliphatic carbocycles. The van der Waals surface area contributed by atoms with Gasteiger partial charge in [-0.05, 0) is 81.8 Å². The van der Waals surface area contributed by atoms with E-state index in [1.807, 2.05) is 46.7 Å². The Hall–Kier alpha value is -1.86. The molecule has 0 saturated heterocycles. The zero-order chi connectivity index (χ0) is 24.1. The number of amides is 2. The lowest BCUT2D eigenvalue weighted by Gasteiger charge is -2.56. The van der Waals surface area contributed by atoms with Gasteiger partial charge in [0.05, 0.1) is 25.1 Å². The topological polar surface area (TPSA) is 64.0 Å². The van der Waals surface area contributed by atoms with Crippen LogP contribution in [0.15, 0.2) is 18.3 Å². The summed E-state index contributed by atoms with van der Waals surface area (Å²) < 4.78 is 12.9. The zero-order valence-corrected chi connectivity index (χ0v) is 21.3. The molecule has 4 aliphatic rings. The third-order valence-electron chi connectivity index (χ3n) is 8.35. The first kappa shape index (κ1) is 25.2. The molecule has 0 aromatic carbocycles. The van der Waals surface area contributed by atoms with Gasteiger partial charge in [0.15, 0.2) is 0 Å². The second-order valence-corrected chi connectivity index (χ2v) is 10.9. The fraction of sp³-hybridized carbons (Fsp3) is 0.778. The van der Waals surface area contributed by atoms with Gasteiger partial charge in [-0.15, -0.1) is 0 Å². The Kier molecular flexibility index (Phi) is 8.35. The predicted molar refractivity (Wildman–Crippen MR) is 131 cm³/mol. The highest BCUT2D eigenvalue weighted by atomic mass is 16.5. The van der Waals surface area contributed by atoms with E-state index in [1.165, 1.54) is 19.3 Å². The van der Waals surface area contributed by atoms with Gasteiger partial charge in [-0.1, -0.05) is 0 Å². The molecule has 1 aromatic heterocycles. The lowest BCUT2D eigenvalue weighted by Crippen LogP contribution is -2.56. The van der Waals surface area contributed by atoms with Crippen molar-refractivity contribution in [3.8, 4) is 0 Å². The normalized spacial score (nSPS) is 27.2. The summed E-state index contributed by atoms with van der Waals surface area (Å²) in [6.45, 7) is 5.50. The van der Waals surface area contributed by atoms with Crippen LogP contribution >= 0.6 is 0 Å². The number of aryl methyl sites for hydroxylation is 1. The maximum absolute atomic E-state index is 14.1. The van der Waals surface area contributed by atoms with Gasteiger partial charge in [-0.25, -0.2) is 0 Å². The molecule has 34 heavy (non-hydrogen) atoms. The molecule has 0 spiro atoms. The van der Waals surface area contributed by atoms with Crippen molar-refractivity contribution >= 4 is 11.8 Å². The lowest BCUT2D eigenvalue weighted by molar-refractivity contribution is -0.160. The van der Waals surface area contributed by atoms with E-state index >= 15 is 0 Å². The van der Waals surface area contributed by atoms with Crippen LogP contribution in [0.1, 0.15) is 57.6 Å². The van der Waals surface area contributed by atoms with Crippen LogP contribution in [0.4, 0.5) is 0 Å². The summed E-state index contributed by atoms with van der Waals surface area (Å²) in [5.41, 5.74) is 0.829. The molecular formula is C27H43N3O4. The fourth-order valence-electron chi connectivity index (χ4n) is 7.08. The van der Waals surface area contributed by atoms with Crippen LogP contribution in [0.3, 0.4) is 0 Å². The van der Waals surface area contributed by atoms with Crippen molar-refractivity contribution in [3.63, 3.8) is 0 Å². The molecule has 2 amide bonds. The number of aromatic nitrogens is 1. The Labute approximate surface area is 204 Å². The van der Waals surface area contributed by atoms with Crippen LogP contribution in [0.25, 0.3) is 0 Å². The summed E-state index contributed by atoms with van der Waals surface area (Å²) in [5, 5.41) is 0. The molecular weight excluding hydrogens is 430 g/mol. The second-order valence-electron chi connectivity index (χ2n) is 10.9. The maximum atomic E-state index is 14.1. The summed E-state index contributed by atoms with van der Waals surface area (Å²) >= 11 is 0. The van der Waals surface area contributed by atoms with Gasteiger partial charge in [0.25, 0.3) is 0 Å². The molecule has 4 saturated carbocycles. The molecule has 7 heteroatoms. The molecule has 0 N–H and O–H groups in total. The molecule has 7 nitrogen and oxygen atoms in total. The third kappa shape index (κ3) is 5.68. The van der Waals surface area contributed by atoms with E-state index < -0.39 is 0 Å². The van der Waals surface area contributed by atoms with E-state index in [1.54, 1.807) is 7.11 Å². The van der Waals surface area contributed by atoms with Crippen molar-refractivity contribution in [2.45, 2.75) is 58.4 Å². The van der Waals surface area contributed by atoms with Crippen molar-refractivity contribution in [3.05, 3.63) is 24.0 Å². The Balaban J connectivity index is 1.48. The number of nitrogens with zero attached hydrogens (tertiary/aromatic N) is 3. The van der Waals surface area contributed by atoms with Crippen molar-refractivity contribution in [1.29, 1.82) is 0 Å². The van der Waals surface area contributed by atoms with Crippen LogP contribution in [-0.4, -0.2) is 72.7 Å². The average Bonchev–Trinajstić information content (AvgIpc) is 3.21.